The lowest BCUT2D eigenvalue weighted by Gasteiger charge is -2.13. The molecule has 0 saturated carbocycles. The van der Waals surface area contributed by atoms with Crippen molar-refractivity contribution < 1.29 is 37.0 Å². The summed E-state index contributed by atoms with van der Waals surface area (Å²) in [5.41, 5.74) is -0.166. The van der Waals surface area contributed by atoms with E-state index < -0.39 is 28.5 Å². The molecule has 0 spiro atoms. The number of methoxy groups -OCH3 is 1. The molecular formula is C19H15F3O5S. The normalized spacial score (nSPS) is 16.5. The third-order valence-electron chi connectivity index (χ3n) is 4.12. The van der Waals surface area contributed by atoms with Gasteiger partial charge in [-0.05, 0) is 30.3 Å². The monoisotopic (exact) mass is 412 g/mol. The molecule has 1 heterocycles. The van der Waals surface area contributed by atoms with Crippen molar-refractivity contribution >= 4 is 22.7 Å². The van der Waals surface area contributed by atoms with Crippen LogP contribution < -0.4 is 9.47 Å². The first-order valence-corrected chi connectivity index (χ1v) is 9.11. The van der Waals surface area contributed by atoms with Gasteiger partial charge in [0.05, 0.1) is 25.0 Å². The number of hydrogen-bond acceptors (Lipinski definition) is 6. The van der Waals surface area contributed by atoms with Crippen LogP contribution in [0.1, 0.15) is 17.0 Å². The first kappa shape index (κ1) is 20.2. The van der Waals surface area contributed by atoms with E-state index in [9.17, 15) is 22.8 Å². The average molecular weight is 412 g/mol. The molecule has 0 bridgehead atoms. The van der Waals surface area contributed by atoms with E-state index >= 15 is 0 Å². The fourth-order valence-corrected chi connectivity index (χ4v) is 3.60. The van der Waals surface area contributed by atoms with Crippen LogP contribution in [-0.4, -0.2) is 30.6 Å². The smallest absolute Gasteiger partial charge is 0.204 e. The van der Waals surface area contributed by atoms with Crippen LogP contribution in [0, 0.1) is 17.5 Å². The molecule has 0 radical (unpaired) electrons. The number of benzene rings is 2. The number of halogens is 3. The van der Waals surface area contributed by atoms with Gasteiger partial charge in [0.1, 0.15) is 23.2 Å². The van der Waals surface area contributed by atoms with Crippen LogP contribution in [0.4, 0.5) is 13.2 Å². The second kappa shape index (κ2) is 8.66. The minimum Gasteiger partial charge on any atom is -0.496 e. The maximum absolute atomic E-state index is 14.1. The molecule has 1 aliphatic rings. The SMILES string of the molecule is COc1ccc(F)c(F)c1COCOc1ccc(F)c(C2C(=O)CSC2=O)c1. The van der Waals surface area contributed by atoms with Crippen LogP contribution in [-0.2, 0) is 20.9 Å². The van der Waals surface area contributed by atoms with E-state index in [0.29, 0.717) is 0 Å². The van der Waals surface area contributed by atoms with Gasteiger partial charge in [-0.2, -0.15) is 0 Å². The van der Waals surface area contributed by atoms with Gasteiger partial charge in [0.15, 0.2) is 24.2 Å². The summed E-state index contributed by atoms with van der Waals surface area (Å²) in [6.45, 7) is -0.678. The second-order valence-corrected chi connectivity index (χ2v) is 6.82. The highest BCUT2D eigenvalue weighted by molar-refractivity contribution is 8.15. The van der Waals surface area contributed by atoms with Crippen molar-refractivity contribution in [2.45, 2.75) is 12.5 Å². The molecule has 0 aliphatic carbocycles. The van der Waals surface area contributed by atoms with E-state index in [2.05, 4.69) is 0 Å². The van der Waals surface area contributed by atoms with E-state index in [0.717, 1.165) is 23.9 Å². The van der Waals surface area contributed by atoms with Crippen LogP contribution in [0.2, 0.25) is 0 Å². The quantitative estimate of drug-likeness (QED) is 0.394. The molecule has 3 rings (SSSR count). The maximum Gasteiger partial charge on any atom is 0.204 e. The van der Waals surface area contributed by atoms with Gasteiger partial charge in [0.2, 0.25) is 5.12 Å². The summed E-state index contributed by atoms with van der Waals surface area (Å²) in [7, 11) is 1.32. The summed E-state index contributed by atoms with van der Waals surface area (Å²) in [5, 5.41) is -0.411. The maximum atomic E-state index is 14.1. The van der Waals surface area contributed by atoms with E-state index in [-0.39, 0.29) is 47.6 Å². The molecule has 28 heavy (non-hydrogen) atoms. The van der Waals surface area contributed by atoms with Crippen molar-refractivity contribution in [3.05, 3.63) is 58.9 Å². The summed E-state index contributed by atoms with van der Waals surface area (Å²) in [6.07, 6.45) is 0. The number of ether oxygens (including phenoxy) is 3. The molecule has 1 unspecified atom stereocenters. The molecule has 2 aromatic rings. The van der Waals surface area contributed by atoms with E-state index in [1.54, 1.807) is 0 Å². The molecule has 0 amide bonds. The Morgan fingerprint density at radius 2 is 1.86 bits per heavy atom. The Hall–Kier alpha value is -2.52. The lowest BCUT2D eigenvalue weighted by molar-refractivity contribution is -0.122. The van der Waals surface area contributed by atoms with Crippen LogP contribution in [0.15, 0.2) is 30.3 Å². The zero-order valence-corrected chi connectivity index (χ0v) is 15.5. The number of carbonyl (C=O) groups excluding carboxylic acids is 2. The van der Waals surface area contributed by atoms with E-state index in [1.807, 2.05) is 0 Å². The topological polar surface area (TPSA) is 61.8 Å². The van der Waals surface area contributed by atoms with Crippen molar-refractivity contribution in [2.24, 2.45) is 0 Å². The molecule has 9 heteroatoms. The number of Topliss-reactive ketones (excluding diaryl/α,β-unsaturated/α-hetero) is 1. The lowest BCUT2D eigenvalue weighted by Crippen LogP contribution is -2.14. The van der Waals surface area contributed by atoms with Gasteiger partial charge >= 0.3 is 0 Å². The van der Waals surface area contributed by atoms with Crippen LogP contribution >= 0.6 is 11.8 Å². The molecule has 2 aromatic carbocycles. The Labute approximate surface area is 162 Å². The van der Waals surface area contributed by atoms with E-state index in [4.69, 9.17) is 14.2 Å². The van der Waals surface area contributed by atoms with Gasteiger partial charge < -0.3 is 14.2 Å². The van der Waals surface area contributed by atoms with Gasteiger partial charge in [-0.1, -0.05) is 11.8 Å². The van der Waals surface area contributed by atoms with Crippen molar-refractivity contribution in [2.75, 3.05) is 19.7 Å². The highest BCUT2D eigenvalue weighted by Crippen LogP contribution is 2.34. The Morgan fingerprint density at radius 3 is 2.54 bits per heavy atom. The number of ketones is 1. The highest BCUT2D eigenvalue weighted by atomic mass is 32.2. The Bertz CT molecular complexity index is 903. The number of rotatable bonds is 7. The minimum absolute atomic E-state index is 0.0121. The zero-order chi connectivity index (χ0) is 20.3. The lowest BCUT2D eigenvalue weighted by atomic mass is 9.96. The van der Waals surface area contributed by atoms with Crippen LogP contribution in [0.5, 0.6) is 11.5 Å². The van der Waals surface area contributed by atoms with Gasteiger partial charge in [0, 0.05) is 5.56 Å². The summed E-state index contributed by atoms with van der Waals surface area (Å²) in [6, 6.07) is 5.87. The minimum atomic E-state index is -1.15. The second-order valence-electron chi connectivity index (χ2n) is 5.84. The average Bonchev–Trinajstić information content (AvgIpc) is 3.01. The van der Waals surface area contributed by atoms with Crippen LogP contribution in [0.3, 0.4) is 0 Å². The van der Waals surface area contributed by atoms with Crippen molar-refractivity contribution in [1.82, 2.24) is 0 Å². The van der Waals surface area contributed by atoms with Crippen molar-refractivity contribution in [3.8, 4) is 11.5 Å². The van der Waals surface area contributed by atoms with Crippen molar-refractivity contribution in [1.29, 1.82) is 0 Å². The molecule has 1 fully saturated rings. The van der Waals surface area contributed by atoms with Gasteiger partial charge in [-0.15, -0.1) is 0 Å². The first-order valence-electron chi connectivity index (χ1n) is 8.12. The Kier molecular flexibility index (Phi) is 6.25. The van der Waals surface area contributed by atoms with Gasteiger partial charge in [0.25, 0.3) is 0 Å². The first-order chi connectivity index (χ1) is 13.4. The predicted molar refractivity (Wildman–Crippen MR) is 94.8 cm³/mol. The molecule has 0 aromatic heterocycles. The fourth-order valence-electron chi connectivity index (χ4n) is 2.73. The molecule has 0 N–H and O–H groups in total. The highest BCUT2D eigenvalue weighted by Gasteiger charge is 2.37. The van der Waals surface area contributed by atoms with Crippen LogP contribution in [0.25, 0.3) is 0 Å². The summed E-state index contributed by atoms with van der Waals surface area (Å²) in [4.78, 5) is 23.7. The Balaban J connectivity index is 1.65. The molecular weight excluding hydrogens is 397 g/mol. The standard InChI is InChI=1S/C19H15F3O5S/c1-25-16-5-4-14(21)18(22)12(16)7-26-9-27-10-2-3-13(20)11(6-10)17-15(23)8-28-19(17)24/h2-6,17H,7-9H2,1H3. The number of thioether (sulfide) groups is 1. The fraction of sp³-hybridized carbons (Fsp3) is 0.263. The third kappa shape index (κ3) is 4.15. The molecule has 148 valence electrons. The molecule has 1 saturated heterocycles. The zero-order valence-electron chi connectivity index (χ0n) is 14.7. The summed E-state index contributed by atoms with van der Waals surface area (Å²) >= 11 is 0.849. The van der Waals surface area contributed by atoms with E-state index in [1.165, 1.54) is 25.3 Å². The summed E-state index contributed by atoms with van der Waals surface area (Å²) < 4.78 is 56.8. The van der Waals surface area contributed by atoms with Gasteiger partial charge in [-0.25, -0.2) is 13.2 Å². The Morgan fingerprint density at radius 1 is 1.11 bits per heavy atom. The van der Waals surface area contributed by atoms with Gasteiger partial charge in [-0.3, -0.25) is 9.59 Å². The van der Waals surface area contributed by atoms with Crippen molar-refractivity contribution in [3.63, 3.8) is 0 Å². The number of hydrogen-bond donors (Lipinski definition) is 0. The largest absolute Gasteiger partial charge is 0.496 e. The number of carbonyl (C=O) groups is 2. The molecule has 1 atom stereocenters. The molecule has 1 aliphatic heterocycles. The predicted octanol–water partition coefficient (Wildman–Crippen LogP) is 3.59. The third-order valence-corrected chi connectivity index (χ3v) is 5.07. The molecule has 5 nitrogen and oxygen atoms in total. The summed E-state index contributed by atoms with van der Waals surface area (Å²) in [5.74, 6) is -4.02.